The van der Waals surface area contributed by atoms with Gasteiger partial charge in [-0.3, -0.25) is 0 Å². The normalized spacial score (nSPS) is 24.9. The number of aliphatic hydroxyl groups is 2. The van der Waals surface area contributed by atoms with Crippen LogP contribution in [-0.4, -0.2) is 22.2 Å². The minimum atomic E-state index is -0.575. The smallest absolute Gasteiger partial charge is 0.334 e. The van der Waals surface area contributed by atoms with Crippen molar-refractivity contribution in [1.82, 2.24) is 0 Å². The molecular formula is C16H14O6. The predicted octanol–water partition coefficient (Wildman–Crippen LogP) is 2.55. The summed E-state index contributed by atoms with van der Waals surface area (Å²) in [6.45, 7) is 0. The Morgan fingerprint density at radius 2 is 1.14 bits per heavy atom. The second-order valence-electron chi connectivity index (χ2n) is 5.20. The fourth-order valence-corrected chi connectivity index (χ4v) is 2.50. The number of carbonyl (C=O) groups is 2. The van der Waals surface area contributed by atoms with Gasteiger partial charge in [0.1, 0.15) is 23.7 Å². The molecule has 0 radical (unpaired) electrons. The van der Waals surface area contributed by atoms with Crippen molar-refractivity contribution in [2.45, 2.75) is 25.0 Å². The maximum Gasteiger partial charge on any atom is 0.334 e. The standard InChI is InChI=1S/C16H14O6/c17-11-5-13(21-15(19)7-11)9-1-2-10(4-3-9)14-6-12(18)8-16(20)22-14/h1-4,7-8,13-14,17-18H,5-6H2. The summed E-state index contributed by atoms with van der Waals surface area (Å²) in [6, 6.07) is 6.98. The monoisotopic (exact) mass is 302 g/mol. The molecule has 0 spiro atoms. The van der Waals surface area contributed by atoms with E-state index in [9.17, 15) is 19.8 Å². The molecule has 0 fully saturated rings. The first kappa shape index (κ1) is 14.2. The van der Waals surface area contributed by atoms with Crippen LogP contribution < -0.4 is 0 Å². The van der Waals surface area contributed by atoms with E-state index in [0.717, 1.165) is 23.3 Å². The number of cyclic esters (lactones) is 2. The van der Waals surface area contributed by atoms with E-state index in [4.69, 9.17) is 9.47 Å². The SMILES string of the molecule is O=C1C=C(O)CC(c2ccc(C3CC(O)=CC(=O)O3)cc2)O1. The third-order valence-corrected chi connectivity index (χ3v) is 3.55. The molecule has 0 saturated carbocycles. The van der Waals surface area contributed by atoms with E-state index in [2.05, 4.69) is 0 Å². The van der Waals surface area contributed by atoms with Crippen LogP contribution in [0.25, 0.3) is 0 Å². The molecule has 6 heteroatoms. The summed E-state index contributed by atoms with van der Waals surface area (Å²) >= 11 is 0. The zero-order valence-electron chi connectivity index (χ0n) is 11.6. The molecule has 6 nitrogen and oxygen atoms in total. The highest BCUT2D eigenvalue weighted by Gasteiger charge is 2.25. The number of hydrogen-bond donors (Lipinski definition) is 2. The zero-order valence-corrected chi connectivity index (χ0v) is 11.6. The van der Waals surface area contributed by atoms with Crippen LogP contribution in [0.5, 0.6) is 0 Å². The molecule has 22 heavy (non-hydrogen) atoms. The summed E-state index contributed by atoms with van der Waals surface area (Å²) in [5.74, 6) is -1.17. The third kappa shape index (κ3) is 2.95. The molecule has 2 atom stereocenters. The molecular weight excluding hydrogens is 288 g/mol. The molecule has 2 unspecified atom stereocenters. The van der Waals surface area contributed by atoms with Crippen molar-refractivity contribution < 1.29 is 29.3 Å². The Bertz CT molecular complexity index is 611. The molecule has 0 amide bonds. The van der Waals surface area contributed by atoms with Crippen molar-refractivity contribution in [2.75, 3.05) is 0 Å². The Hall–Kier alpha value is -2.76. The van der Waals surface area contributed by atoms with Gasteiger partial charge in [0.05, 0.1) is 12.2 Å². The van der Waals surface area contributed by atoms with Crippen LogP contribution >= 0.6 is 0 Å². The second-order valence-corrected chi connectivity index (χ2v) is 5.20. The fourth-order valence-electron chi connectivity index (χ4n) is 2.50. The molecule has 1 aromatic carbocycles. The summed E-state index contributed by atoms with van der Waals surface area (Å²) in [6.07, 6.45) is 1.51. The molecule has 0 saturated heterocycles. The molecule has 2 heterocycles. The lowest BCUT2D eigenvalue weighted by molar-refractivity contribution is -0.146. The van der Waals surface area contributed by atoms with E-state index >= 15 is 0 Å². The maximum atomic E-state index is 11.3. The van der Waals surface area contributed by atoms with Gasteiger partial charge >= 0.3 is 11.9 Å². The number of aliphatic hydroxyl groups excluding tert-OH is 2. The Morgan fingerprint density at radius 3 is 1.45 bits per heavy atom. The van der Waals surface area contributed by atoms with Crippen LogP contribution in [0.3, 0.4) is 0 Å². The van der Waals surface area contributed by atoms with E-state index in [1.807, 2.05) is 0 Å². The lowest BCUT2D eigenvalue weighted by Gasteiger charge is -2.23. The largest absolute Gasteiger partial charge is 0.512 e. The van der Waals surface area contributed by atoms with Crippen molar-refractivity contribution in [3.8, 4) is 0 Å². The first-order valence-electron chi connectivity index (χ1n) is 6.81. The van der Waals surface area contributed by atoms with Crippen LogP contribution in [0, 0.1) is 0 Å². The van der Waals surface area contributed by atoms with Gasteiger partial charge in [-0.05, 0) is 11.1 Å². The molecule has 2 aliphatic heterocycles. The first-order chi connectivity index (χ1) is 10.5. The van der Waals surface area contributed by atoms with Crippen LogP contribution in [0.15, 0.2) is 47.9 Å². The minimum absolute atomic E-state index is 0.0124. The summed E-state index contributed by atoms with van der Waals surface area (Å²) in [4.78, 5) is 22.6. The van der Waals surface area contributed by atoms with Gasteiger partial charge in [-0.1, -0.05) is 24.3 Å². The number of ether oxygens (including phenoxy) is 2. The second kappa shape index (κ2) is 5.55. The Kier molecular flexibility index (Phi) is 3.58. The van der Waals surface area contributed by atoms with Crippen molar-refractivity contribution >= 4 is 11.9 Å². The van der Waals surface area contributed by atoms with Gasteiger partial charge in [-0.25, -0.2) is 9.59 Å². The van der Waals surface area contributed by atoms with Crippen molar-refractivity contribution in [3.05, 3.63) is 59.1 Å². The summed E-state index contributed by atoms with van der Waals surface area (Å²) in [7, 11) is 0. The lowest BCUT2D eigenvalue weighted by Crippen LogP contribution is -2.17. The van der Waals surface area contributed by atoms with Crippen LogP contribution in [-0.2, 0) is 19.1 Å². The third-order valence-electron chi connectivity index (χ3n) is 3.55. The van der Waals surface area contributed by atoms with E-state index in [0.29, 0.717) is 0 Å². The van der Waals surface area contributed by atoms with Crippen LogP contribution in [0.1, 0.15) is 36.2 Å². The Balaban J connectivity index is 1.76. The van der Waals surface area contributed by atoms with E-state index in [-0.39, 0.29) is 24.4 Å². The van der Waals surface area contributed by atoms with Gasteiger partial charge in [0.2, 0.25) is 0 Å². The van der Waals surface area contributed by atoms with Crippen LogP contribution in [0.4, 0.5) is 0 Å². The zero-order chi connectivity index (χ0) is 15.7. The highest BCUT2D eigenvalue weighted by molar-refractivity contribution is 5.84. The Labute approximate surface area is 126 Å². The number of rotatable bonds is 2. The van der Waals surface area contributed by atoms with Crippen molar-refractivity contribution in [2.24, 2.45) is 0 Å². The number of hydrogen-bond acceptors (Lipinski definition) is 6. The van der Waals surface area contributed by atoms with Gasteiger partial charge in [-0.2, -0.15) is 0 Å². The molecule has 3 rings (SSSR count). The summed E-state index contributed by atoms with van der Waals surface area (Å²) in [5.41, 5.74) is 1.47. The quantitative estimate of drug-likeness (QED) is 0.815. The highest BCUT2D eigenvalue weighted by atomic mass is 16.5. The van der Waals surface area contributed by atoms with Gasteiger partial charge in [-0.15, -0.1) is 0 Å². The maximum absolute atomic E-state index is 11.3. The molecule has 0 bridgehead atoms. The first-order valence-corrected chi connectivity index (χ1v) is 6.81. The number of esters is 2. The molecule has 2 N–H and O–H groups in total. The average molecular weight is 302 g/mol. The summed E-state index contributed by atoms with van der Waals surface area (Å²) < 4.78 is 10.3. The van der Waals surface area contributed by atoms with Gasteiger partial charge in [0, 0.05) is 12.8 Å². The van der Waals surface area contributed by atoms with E-state index < -0.39 is 24.1 Å². The minimum Gasteiger partial charge on any atom is -0.512 e. The molecule has 2 aliphatic rings. The van der Waals surface area contributed by atoms with Crippen LogP contribution in [0.2, 0.25) is 0 Å². The van der Waals surface area contributed by atoms with Crippen molar-refractivity contribution in [1.29, 1.82) is 0 Å². The fraction of sp³-hybridized carbons (Fsp3) is 0.250. The number of carbonyl (C=O) groups excluding carboxylic acids is 2. The average Bonchev–Trinajstić information content (AvgIpc) is 2.45. The molecule has 114 valence electrons. The molecule has 0 aliphatic carbocycles. The summed E-state index contributed by atoms with van der Waals surface area (Å²) in [5, 5.41) is 19.0. The molecule has 1 aromatic rings. The van der Waals surface area contributed by atoms with Crippen molar-refractivity contribution in [3.63, 3.8) is 0 Å². The highest BCUT2D eigenvalue weighted by Crippen LogP contribution is 2.32. The topological polar surface area (TPSA) is 93.1 Å². The van der Waals surface area contributed by atoms with E-state index in [1.165, 1.54) is 0 Å². The molecule has 0 aromatic heterocycles. The van der Waals surface area contributed by atoms with E-state index in [1.54, 1.807) is 24.3 Å². The van der Waals surface area contributed by atoms with Gasteiger partial charge < -0.3 is 19.7 Å². The van der Waals surface area contributed by atoms with Gasteiger partial charge in [0.25, 0.3) is 0 Å². The predicted molar refractivity (Wildman–Crippen MR) is 74.8 cm³/mol. The number of benzene rings is 1. The Morgan fingerprint density at radius 1 is 0.773 bits per heavy atom. The van der Waals surface area contributed by atoms with Gasteiger partial charge in [0.15, 0.2) is 0 Å². The lowest BCUT2D eigenvalue weighted by atomic mass is 9.98.